The molecule has 11 heteroatoms. The molecule has 0 saturated heterocycles. The van der Waals surface area contributed by atoms with Crippen molar-refractivity contribution in [3.8, 4) is 23.0 Å². The van der Waals surface area contributed by atoms with Gasteiger partial charge in [0.25, 0.3) is 5.91 Å². The minimum absolute atomic E-state index is 0.0285. The molecule has 3 aromatic rings. The van der Waals surface area contributed by atoms with E-state index in [4.69, 9.17) is 31.4 Å². The second kappa shape index (κ2) is 12.0. The summed E-state index contributed by atoms with van der Waals surface area (Å²) < 4.78 is 12.0. The molecule has 0 spiro atoms. The maximum Gasteiger partial charge on any atom is 0.251 e. The second-order valence-electron chi connectivity index (χ2n) is 8.90. The lowest BCUT2D eigenvalue weighted by molar-refractivity contribution is 0.0867. The summed E-state index contributed by atoms with van der Waals surface area (Å²) in [5, 5.41) is 36.5. The van der Waals surface area contributed by atoms with Crippen LogP contribution in [0.2, 0.25) is 0 Å². The zero-order valence-corrected chi connectivity index (χ0v) is 20.4. The third kappa shape index (κ3) is 6.71. The van der Waals surface area contributed by atoms with Crippen LogP contribution in [-0.2, 0) is 0 Å². The van der Waals surface area contributed by atoms with E-state index < -0.39 is 0 Å². The summed E-state index contributed by atoms with van der Waals surface area (Å²) in [5.74, 6) is 1.30. The van der Waals surface area contributed by atoms with E-state index in [-0.39, 0.29) is 29.7 Å². The molecule has 1 amide bonds. The van der Waals surface area contributed by atoms with Gasteiger partial charge in [-0.15, -0.1) is 0 Å². The monoisotopic (exact) mass is 519 g/mol. The Morgan fingerprint density at radius 1 is 0.711 bits per heavy atom. The number of aliphatic hydroxyl groups excluding tert-OH is 1. The molecule has 0 atom stereocenters. The summed E-state index contributed by atoms with van der Waals surface area (Å²) in [6.07, 6.45) is 2.37. The highest BCUT2D eigenvalue weighted by atomic mass is 16.5. The van der Waals surface area contributed by atoms with Gasteiger partial charge in [-0.3, -0.25) is 4.79 Å². The number of carbonyl (C=O) groups excluding carboxylic acids is 1. The molecule has 198 valence electrons. The van der Waals surface area contributed by atoms with Crippen molar-refractivity contribution in [2.45, 2.75) is 37.8 Å². The molecule has 0 aliphatic heterocycles. The highest BCUT2D eigenvalue weighted by molar-refractivity contribution is 5.97. The molecule has 3 aromatic carbocycles. The Hall–Kier alpha value is -4.77. The molecular formula is C27H29N5O6. The number of nitrogens with one attached hydrogen (secondary N) is 1. The van der Waals surface area contributed by atoms with Crippen molar-refractivity contribution >= 4 is 17.6 Å². The van der Waals surface area contributed by atoms with Crippen molar-refractivity contribution in [3.05, 3.63) is 83.4 Å². The van der Waals surface area contributed by atoms with E-state index in [1.165, 1.54) is 0 Å². The van der Waals surface area contributed by atoms with Crippen LogP contribution in [0.5, 0.6) is 23.0 Å². The topological polar surface area (TPSA) is 185 Å². The summed E-state index contributed by atoms with van der Waals surface area (Å²) in [7, 11) is 0. The number of hydrogen-bond donors (Lipinski definition) is 6. The van der Waals surface area contributed by atoms with Gasteiger partial charge in [0.2, 0.25) is 0 Å². The molecule has 0 heterocycles. The van der Waals surface area contributed by atoms with Crippen LogP contribution in [0.4, 0.5) is 0 Å². The first-order chi connectivity index (χ1) is 18.3. The van der Waals surface area contributed by atoms with Crippen LogP contribution in [0.15, 0.2) is 77.0 Å². The van der Waals surface area contributed by atoms with Crippen LogP contribution in [0, 0.1) is 0 Å². The van der Waals surface area contributed by atoms with Crippen LogP contribution >= 0.6 is 0 Å². The van der Waals surface area contributed by atoms with Crippen LogP contribution in [0.3, 0.4) is 0 Å². The van der Waals surface area contributed by atoms with Crippen molar-refractivity contribution in [2.24, 2.45) is 21.8 Å². The Bertz CT molecular complexity index is 1240. The van der Waals surface area contributed by atoms with E-state index in [0.29, 0.717) is 65.4 Å². The predicted octanol–water partition coefficient (Wildman–Crippen LogP) is 3.49. The Morgan fingerprint density at radius 2 is 1.16 bits per heavy atom. The molecule has 1 aliphatic rings. The van der Waals surface area contributed by atoms with Crippen LogP contribution in [0.1, 0.15) is 47.2 Å². The van der Waals surface area contributed by atoms with Gasteiger partial charge in [-0.2, -0.15) is 0 Å². The number of hydrogen-bond acceptors (Lipinski definition) is 8. The summed E-state index contributed by atoms with van der Waals surface area (Å²) in [6.45, 7) is 0. The number of ether oxygens (including phenoxy) is 2. The maximum absolute atomic E-state index is 13.1. The van der Waals surface area contributed by atoms with E-state index in [0.717, 1.165) is 0 Å². The minimum atomic E-state index is -0.323. The van der Waals surface area contributed by atoms with Gasteiger partial charge in [-0.25, -0.2) is 0 Å². The number of rotatable bonds is 8. The first-order valence-corrected chi connectivity index (χ1v) is 12.0. The van der Waals surface area contributed by atoms with Gasteiger partial charge in [0.05, 0.1) is 6.10 Å². The third-order valence-electron chi connectivity index (χ3n) is 6.16. The van der Waals surface area contributed by atoms with Gasteiger partial charge in [0.1, 0.15) is 23.0 Å². The molecule has 0 unspecified atom stereocenters. The molecule has 0 radical (unpaired) electrons. The molecule has 1 saturated carbocycles. The fourth-order valence-corrected chi connectivity index (χ4v) is 4.08. The lowest BCUT2D eigenvalue weighted by Crippen LogP contribution is -2.38. The second-order valence-corrected chi connectivity index (χ2v) is 8.90. The van der Waals surface area contributed by atoms with Gasteiger partial charge in [0, 0.05) is 28.8 Å². The first-order valence-electron chi connectivity index (χ1n) is 12.0. The summed E-state index contributed by atoms with van der Waals surface area (Å²) in [6, 6.07) is 18.0. The van der Waals surface area contributed by atoms with Gasteiger partial charge in [-0.05, 0) is 86.3 Å². The SMILES string of the molecule is N/C(=N\O)c1ccc(Oc2cc(Oc3ccc(/C(N)=N/O)cc3)cc(C(=O)NC3CCC(O)CC3)c2)cc1. The molecule has 8 N–H and O–H groups in total. The Kier molecular flexibility index (Phi) is 8.29. The van der Waals surface area contributed by atoms with Crippen molar-refractivity contribution in [1.82, 2.24) is 5.32 Å². The predicted molar refractivity (Wildman–Crippen MR) is 140 cm³/mol. The Morgan fingerprint density at radius 3 is 1.58 bits per heavy atom. The fourth-order valence-electron chi connectivity index (χ4n) is 4.08. The van der Waals surface area contributed by atoms with E-state index >= 15 is 0 Å². The van der Waals surface area contributed by atoms with Crippen LogP contribution < -0.4 is 26.3 Å². The third-order valence-corrected chi connectivity index (χ3v) is 6.16. The summed E-state index contributed by atoms with van der Waals surface area (Å²) >= 11 is 0. The smallest absolute Gasteiger partial charge is 0.251 e. The summed E-state index contributed by atoms with van der Waals surface area (Å²) in [5.41, 5.74) is 12.6. The normalized spacial score (nSPS) is 18.0. The number of amidine groups is 2. The lowest BCUT2D eigenvalue weighted by atomic mass is 9.93. The lowest BCUT2D eigenvalue weighted by Gasteiger charge is -2.26. The zero-order valence-electron chi connectivity index (χ0n) is 20.4. The zero-order chi connectivity index (χ0) is 27.1. The minimum Gasteiger partial charge on any atom is -0.457 e. The van der Waals surface area contributed by atoms with Gasteiger partial charge in [-0.1, -0.05) is 10.3 Å². The Balaban J connectivity index is 1.58. The number of oxime groups is 2. The van der Waals surface area contributed by atoms with Gasteiger partial charge < -0.3 is 41.8 Å². The molecule has 38 heavy (non-hydrogen) atoms. The highest BCUT2D eigenvalue weighted by Crippen LogP contribution is 2.31. The molecule has 4 rings (SSSR count). The van der Waals surface area contributed by atoms with Crippen molar-refractivity contribution in [2.75, 3.05) is 0 Å². The van der Waals surface area contributed by atoms with Gasteiger partial charge in [0.15, 0.2) is 11.7 Å². The molecule has 1 aliphatic carbocycles. The highest BCUT2D eigenvalue weighted by Gasteiger charge is 2.22. The summed E-state index contributed by atoms with van der Waals surface area (Å²) in [4.78, 5) is 13.1. The number of carbonyl (C=O) groups is 1. The van der Waals surface area contributed by atoms with Crippen molar-refractivity contribution in [3.63, 3.8) is 0 Å². The van der Waals surface area contributed by atoms with E-state index in [1.807, 2.05) is 0 Å². The average Bonchev–Trinajstić information content (AvgIpc) is 2.94. The van der Waals surface area contributed by atoms with Crippen molar-refractivity contribution < 1.29 is 29.8 Å². The van der Waals surface area contributed by atoms with Crippen LogP contribution in [-0.4, -0.2) is 45.2 Å². The van der Waals surface area contributed by atoms with E-state index in [9.17, 15) is 9.90 Å². The average molecular weight is 520 g/mol. The fraction of sp³-hybridized carbons (Fsp3) is 0.222. The number of benzene rings is 3. The quantitative estimate of drug-likeness (QED) is 0.113. The maximum atomic E-state index is 13.1. The first kappa shape index (κ1) is 26.3. The largest absolute Gasteiger partial charge is 0.457 e. The van der Waals surface area contributed by atoms with Crippen LogP contribution in [0.25, 0.3) is 0 Å². The number of aliphatic hydroxyl groups is 1. The number of nitrogens with two attached hydrogens (primary N) is 2. The number of nitrogens with zero attached hydrogens (tertiary/aromatic N) is 2. The van der Waals surface area contributed by atoms with E-state index in [1.54, 1.807) is 66.7 Å². The number of amides is 1. The van der Waals surface area contributed by atoms with Gasteiger partial charge >= 0.3 is 0 Å². The molecule has 0 aromatic heterocycles. The van der Waals surface area contributed by atoms with E-state index in [2.05, 4.69) is 15.6 Å². The molecule has 1 fully saturated rings. The molecular weight excluding hydrogens is 490 g/mol. The standard InChI is InChI=1S/C27H29N5O6/c28-25(31-35)16-1-9-21(10-2-16)37-23-13-18(27(34)30-19-5-7-20(33)8-6-19)14-24(15-23)38-22-11-3-17(4-12-22)26(29)32-36/h1-4,9-15,19-20,33,35-36H,5-8H2,(H2,28,31)(H2,29,32)(H,30,34). The molecule has 0 bridgehead atoms. The molecule has 11 nitrogen and oxygen atoms in total. The Labute approximate surface area is 219 Å². The van der Waals surface area contributed by atoms with Crippen molar-refractivity contribution in [1.29, 1.82) is 0 Å².